The lowest BCUT2D eigenvalue weighted by molar-refractivity contribution is 0.411. The number of halogens is 1. The largest absolute Gasteiger partial charge is 0.497 e. The van der Waals surface area contributed by atoms with Gasteiger partial charge in [0.15, 0.2) is 0 Å². The van der Waals surface area contributed by atoms with Crippen molar-refractivity contribution in [3.8, 4) is 16.9 Å². The van der Waals surface area contributed by atoms with Gasteiger partial charge in [-0.15, -0.1) is 0 Å². The summed E-state index contributed by atoms with van der Waals surface area (Å²) < 4.78 is 18.8. The molecule has 0 amide bonds. The third-order valence-electron chi connectivity index (χ3n) is 2.61. The van der Waals surface area contributed by atoms with Crippen LogP contribution in [0.5, 0.6) is 5.75 Å². The second-order valence-electron chi connectivity index (χ2n) is 3.66. The molecule has 0 fully saturated rings. The number of aryl methyl sites for hydroxylation is 1. The van der Waals surface area contributed by atoms with Gasteiger partial charge in [0.2, 0.25) is 0 Å². The summed E-state index contributed by atoms with van der Waals surface area (Å²) >= 11 is 0. The highest BCUT2D eigenvalue weighted by atomic mass is 19.1. The molecule has 0 aromatic heterocycles. The zero-order chi connectivity index (χ0) is 11.5. The highest BCUT2D eigenvalue weighted by Gasteiger charge is 2.07. The molecule has 2 aromatic rings. The standard InChI is InChI=1S/C14H13FO/c1-10-5-3-4-6-12(10)13-8-7-11(16-2)9-14(13)15/h3-9H,1-2H3. The van der Waals surface area contributed by atoms with Crippen molar-refractivity contribution >= 4 is 0 Å². The van der Waals surface area contributed by atoms with E-state index >= 15 is 0 Å². The highest BCUT2D eigenvalue weighted by Crippen LogP contribution is 2.28. The molecule has 0 unspecified atom stereocenters. The quantitative estimate of drug-likeness (QED) is 0.741. The number of benzene rings is 2. The summed E-state index contributed by atoms with van der Waals surface area (Å²) in [6.07, 6.45) is 0. The number of hydrogen-bond acceptors (Lipinski definition) is 1. The van der Waals surface area contributed by atoms with E-state index in [-0.39, 0.29) is 5.82 Å². The van der Waals surface area contributed by atoms with Crippen molar-refractivity contribution in [2.24, 2.45) is 0 Å². The molecule has 0 saturated carbocycles. The summed E-state index contributed by atoms with van der Waals surface area (Å²) in [4.78, 5) is 0. The SMILES string of the molecule is COc1ccc(-c2ccccc2C)c(F)c1. The Balaban J connectivity index is 2.53. The van der Waals surface area contributed by atoms with E-state index in [0.717, 1.165) is 11.1 Å². The predicted octanol–water partition coefficient (Wildman–Crippen LogP) is 3.81. The maximum absolute atomic E-state index is 13.8. The van der Waals surface area contributed by atoms with E-state index in [9.17, 15) is 4.39 Å². The Hall–Kier alpha value is -1.83. The van der Waals surface area contributed by atoms with Crippen molar-refractivity contribution in [2.45, 2.75) is 6.92 Å². The molecule has 1 nitrogen and oxygen atoms in total. The van der Waals surface area contributed by atoms with Crippen LogP contribution < -0.4 is 4.74 Å². The topological polar surface area (TPSA) is 9.23 Å². The fraction of sp³-hybridized carbons (Fsp3) is 0.143. The van der Waals surface area contributed by atoms with E-state index in [1.807, 2.05) is 31.2 Å². The van der Waals surface area contributed by atoms with Crippen LogP contribution in [0, 0.1) is 12.7 Å². The summed E-state index contributed by atoms with van der Waals surface area (Å²) in [5.74, 6) is 0.281. The maximum atomic E-state index is 13.8. The fourth-order valence-corrected chi connectivity index (χ4v) is 1.72. The Morgan fingerprint density at radius 2 is 1.75 bits per heavy atom. The van der Waals surface area contributed by atoms with Gasteiger partial charge in [0.25, 0.3) is 0 Å². The number of hydrogen-bond donors (Lipinski definition) is 0. The molecule has 82 valence electrons. The Morgan fingerprint density at radius 3 is 2.38 bits per heavy atom. The van der Waals surface area contributed by atoms with Crippen LogP contribution in [0.4, 0.5) is 4.39 Å². The molecule has 0 N–H and O–H groups in total. The maximum Gasteiger partial charge on any atom is 0.134 e. The molecule has 0 aliphatic rings. The minimum absolute atomic E-state index is 0.256. The summed E-state index contributed by atoms with van der Waals surface area (Å²) in [7, 11) is 1.53. The zero-order valence-electron chi connectivity index (χ0n) is 9.33. The first-order chi connectivity index (χ1) is 7.72. The average Bonchev–Trinajstić information content (AvgIpc) is 2.30. The van der Waals surface area contributed by atoms with Crippen LogP contribution in [-0.4, -0.2) is 7.11 Å². The van der Waals surface area contributed by atoms with Crippen molar-refractivity contribution in [2.75, 3.05) is 7.11 Å². The van der Waals surface area contributed by atoms with E-state index in [1.165, 1.54) is 13.2 Å². The Bertz CT molecular complexity index is 506. The molecule has 0 heterocycles. The smallest absolute Gasteiger partial charge is 0.134 e. The predicted molar refractivity (Wildman–Crippen MR) is 63.1 cm³/mol. The van der Waals surface area contributed by atoms with Gasteiger partial charge in [-0.2, -0.15) is 0 Å². The van der Waals surface area contributed by atoms with Gasteiger partial charge in [-0.3, -0.25) is 0 Å². The van der Waals surface area contributed by atoms with Crippen molar-refractivity contribution in [1.82, 2.24) is 0 Å². The van der Waals surface area contributed by atoms with E-state index < -0.39 is 0 Å². The third-order valence-corrected chi connectivity index (χ3v) is 2.61. The minimum atomic E-state index is -0.256. The van der Waals surface area contributed by atoms with Crippen molar-refractivity contribution in [1.29, 1.82) is 0 Å². The molecule has 0 saturated heterocycles. The summed E-state index contributed by atoms with van der Waals surface area (Å²) in [5, 5.41) is 0. The molecule has 0 radical (unpaired) electrons. The van der Waals surface area contributed by atoms with Crippen LogP contribution in [0.25, 0.3) is 11.1 Å². The summed E-state index contributed by atoms with van der Waals surface area (Å²) in [6, 6.07) is 12.7. The molecule has 0 aliphatic heterocycles. The van der Waals surface area contributed by atoms with Gasteiger partial charge in [-0.1, -0.05) is 24.3 Å². The molecular formula is C14H13FO. The molecular weight excluding hydrogens is 203 g/mol. The van der Waals surface area contributed by atoms with E-state index in [1.54, 1.807) is 12.1 Å². The normalized spacial score (nSPS) is 10.2. The van der Waals surface area contributed by atoms with Gasteiger partial charge in [-0.05, 0) is 30.2 Å². The zero-order valence-corrected chi connectivity index (χ0v) is 9.33. The minimum Gasteiger partial charge on any atom is -0.497 e. The Labute approximate surface area is 94.5 Å². The first kappa shape index (κ1) is 10.7. The lowest BCUT2D eigenvalue weighted by Crippen LogP contribution is -1.89. The van der Waals surface area contributed by atoms with Crippen molar-refractivity contribution < 1.29 is 9.13 Å². The number of methoxy groups -OCH3 is 1. The number of rotatable bonds is 2. The highest BCUT2D eigenvalue weighted by molar-refractivity contribution is 5.68. The monoisotopic (exact) mass is 216 g/mol. The average molecular weight is 216 g/mol. The molecule has 2 aromatic carbocycles. The van der Waals surface area contributed by atoms with Crippen molar-refractivity contribution in [3.63, 3.8) is 0 Å². The lowest BCUT2D eigenvalue weighted by atomic mass is 10.0. The van der Waals surface area contributed by atoms with Crippen LogP contribution in [0.1, 0.15) is 5.56 Å². The molecule has 2 rings (SSSR count). The van der Waals surface area contributed by atoms with E-state index in [2.05, 4.69) is 0 Å². The Kier molecular flexibility index (Phi) is 2.91. The van der Waals surface area contributed by atoms with Gasteiger partial charge >= 0.3 is 0 Å². The van der Waals surface area contributed by atoms with E-state index in [0.29, 0.717) is 11.3 Å². The van der Waals surface area contributed by atoms with E-state index in [4.69, 9.17) is 4.74 Å². The van der Waals surface area contributed by atoms with Gasteiger partial charge in [0, 0.05) is 11.6 Å². The summed E-state index contributed by atoms with van der Waals surface area (Å²) in [5.41, 5.74) is 2.59. The number of ether oxygens (including phenoxy) is 1. The van der Waals surface area contributed by atoms with Crippen LogP contribution in [-0.2, 0) is 0 Å². The van der Waals surface area contributed by atoms with Gasteiger partial charge < -0.3 is 4.74 Å². The second kappa shape index (κ2) is 4.35. The summed E-state index contributed by atoms with van der Waals surface area (Å²) in [6.45, 7) is 1.97. The molecule has 0 aliphatic carbocycles. The lowest BCUT2D eigenvalue weighted by Gasteiger charge is -2.08. The van der Waals surface area contributed by atoms with Gasteiger partial charge in [0.05, 0.1) is 7.11 Å². The van der Waals surface area contributed by atoms with Crippen LogP contribution >= 0.6 is 0 Å². The van der Waals surface area contributed by atoms with Gasteiger partial charge in [-0.25, -0.2) is 4.39 Å². The fourth-order valence-electron chi connectivity index (χ4n) is 1.72. The third kappa shape index (κ3) is 1.91. The van der Waals surface area contributed by atoms with Crippen LogP contribution in [0.2, 0.25) is 0 Å². The Morgan fingerprint density at radius 1 is 1.00 bits per heavy atom. The molecule has 0 bridgehead atoms. The van der Waals surface area contributed by atoms with Crippen LogP contribution in [0.3, 0.4) is 0 Å². The first-order valence-corrected chi connectivity index (χ1v) is 5.12. The molecule has 2 heteroatoms. The molecule has 16 heavy (non-hydrogen) atoms. The second-order valence-corrected chi connectivity index (χ2v) is 3.66. The molecule has 0 spiro atoms. The first-order valence-electron chi connectivity index (χ1n) is 5.12. The van der Waals surface area contributed by atoms with Crippen LogP contribution in [0.15, 0.2) is 42.5 Å². The molecule has 0 atom stereocenters. The van der Waals surface area contributed by atoms with Gasteiger partial charge in [0.1, 0.15) is 11.6 Å². The van der Waals surface area contributed by atoms with Crippen molar-refractivity contribution in [3.05, 3.63) is 53.8 Å².